The molecule has 0 aliphatic heterocycles. The van der Waals surface area contributed by atoms with E-state index in [2.05, 4.69) is 16.0 Å². The third-order valence-corrected chi connectivity index (χ3v) is 3.95. The molecule has 0 unspecified atom stereocenters. The molecule has 3 N–H and O–H groups in total. The summed E-state index contributed by atoms with van der Waals surface area (Å²) in [6, 6.07) is 13.9. The number of hydrogen-bond donors (Lipinski definition) is 3. The lowest BCUT2D eigenvalue weighted by molar-refractivity contribution is -0.137. The first-order valence-corrected chi connectivity index (χ1v) is 8.83. The molecule has 0 radical (unpaired) electrons. The van der Waals surface area contributed by atoms with E-state index in [0.717, 1.165) is 17.7 Å². The minimum atomic E-state index is -4.36. The van der Waals surface area contributed by atoms with Gasteiger partial charge in [-0.1, -0.05) is 42.5 Å². The second-order valence-electron chi connectivity index (χ2n) is 6.14. The fourth-order valence-electron chi connectivity index (χ4n) is 2.42. The molecule has 0 saturated carbocycles. The highest BCUT2D eigenvalue weighted by Crippen LogP contribution is 2.29. The van der Waals surface area contributed by atoms with E-state index in [0.29, 0.717) is 18.5 Å². The Kier molecular flexibility index (Phi) is 7.86. The van der Waals surface area contributed by atoms with Crippen LogP contribution >= 0.6 is 0 Å². The molecule has 8 heteroatoms. The summed E-state index contributed by atoms with van der Waals surface area (Å²) < 4.78 is 37.5. The van der Waals surface area contributed by atoms with E-state index in [1.807, 2.05) is 30.3 Å². The van der Waals surface area contributed by atoms with E-state index in [-0.39, 0.29) is 25.4 Å². The molecule has 0 aliphatic carbocycles. The summed E-state index contributed by atoms with van der Waals surface area (Å²) in [4.78, 5) is 23.4. The van der Waals surface area contributed by atoms with Crippen LogP contribution in [-0.2, 0) is 23.9 Å². The van der Waals surface area contributed by atoms with Gasteiger partial charge in [0.1, 0.15) is 0 Å². The van der Waals surface area contributed by atoms with Crippen LogP contribution in [-0.4, -0.2) is 25.0 Å². The Labute approximate surface area is 161 Å². The van der Waals surface area contributed by atoms with Gasteiger partial charge in [0.25, 0.3) is 0 Å². The molecule has 2 aromatic carbocycles. The van der Waals surface area contributed by atoms with Crippen LogP contribution in [0.5, 0.6) is 0 Å². The Morgan fingerprint density at radius 1 is 0.786 bits per heavy atom. The van der Waals surface area contributed by atoms with Crippen molar-refractivity contribution in [2.45, 2.75) is 25.6 Å². The molecule has 2 aromatic rings. The molecule has 28 heavy (non-hydrogen) atoms. The van der Waals surface area contributed by atoms with Crippen LogP contribution in [0.25, 0.3) is 0 Å². The first kappa shape index (κ1) is 21.3. The van der Waals surface area contributed by atoms with Gasteiger partial charge in [0, 0.05) is 26.1 Å². The third-order valence-electron chi connectivity index (χ3n) is 3.95. The summed E-state index contributed by atoms with van der Waals surface area (Å²) in [5.41, 5.74) is 0.978. The van der Waals surface area contributed by atoms with Gasteiger partial charge in [-0.2, -0.15) is 13.2 Å². The van der Waals surface area contributed by atoms with E-state index in [1.54, 1.807) is 0 Å². The number of hydrogen-bond acceptors (Lipinski definition) is 2. The van der Waals surface area contributed by atoms with Crippen LogP contribution in [0.2, 0.25) is 0 Å². The van der Waals surface area contributed by atoms with Crippen LogP contribution < -0.4 is 16.0 Å². The maximum Gasteiger partial charge on any atom is 0.416 e. The number of rotatable bonds is 8. The highest BCUT2D eigenvalue weighted by Gasteiger charge is 2.29. The van der Waals surface area contributed by atoms with Gasteiger partial charge >= 0.3 is 12.2 Å². The SMILES string of the molecule is O=C(CCNC(=O)NCCc1ccc(C(F)(F)F)cc1)NCc1ccccc1. The predicted molar refractivity (Wildman–Crippen MR) is 99.5 cm³/mol. The Balaban J connectivity index is 1.58. The molecular weight excluding hydrogens is 371 g/mol. The molecule has 0 bridgehead atoms. The Bertz CT molecular complexity index is 763. The third kappa shape index (κ3) is 7.69. The number of carbonyl (C=O) groups excluding carboxylic acids is 2. The maximum absolute atomic E-state index is 12.5. The van der Waals surface area contributed by atoms with Crippen molar-refractivity contribution in [2.24, 2.45) is 0 Å². The van der Waals surface area contributed by atoms with Gasteiger partial charge < -0.3 is 16.0 Å². The highest BCUT2D eigenvalue weighted by atomic mass is 19.4. The molecule has 0 atom stereocenters. The predicted octanol–water partition coefficient (Wildman–Crippen LogP) is 3.25. The smallest absolute Gasteiger partial charge is 0.352 e. The van der Waals surface area contributed by atoms with Crippen molar-refractivity contribution in [3.63, 3.8) is 0 Å². The number of urea groups is 1. The Hall–Kier alpha value is -3.03. The largest absolute Gasteiger partial charge is 0.416 e. The lowest BCUT2D eigenvalue weighted by Crippen LogP contribution is -2.38. The second kappa shape index (κ2) is 10.3. The monoisotopic (exact) mass is 393 g/mol. The zero-order valence-corrected chi connectivity index (χ0v) is 15.2. The van der Waals surface area contributed by atoms with Crippen LogP contribution in [0.4, 0.5) is 18.0 Å². The number of nitrogens with one attached hydrogen (secondary N) is 3. The van der Waals surface area contributed by atoms with Crippen LogP contribution in [0.15, 0.2) is 54.6 Å². The maximum atomic E-state index is 12.5. The number of halogens is 3. The van der Waals surface area contributed by atoms with Crippen LogP contribution in [0.3, 0.4) is 0 Å². The van der Waals surface area contributed by atoms with Crippen LogP contribution in [0.1, 0.15) is 23.1 Å². The summed E-state index contributed by atoms with van der Waals surface area (Å²) in [5, 5.41) is 7.93. The molecule has 150 valence electrons. The quantitative estimate of drug-likeness (QED) is 0.644. The van der Waals surface area contributed by atoms with E-state index >= 15 is 0 Å². The van der Waals surface area contributed by atoms with E-state index < -0.39 is 17.8 Å². The zero-order valence-electron chi connectivity index (χ0n) is 15.2. The van der Waals surface area contributed by atoms with Gasteiger partial charge in [-0.15, -0.1) is 0 Å². The summed E-state index contributed by atoms with van der Waals surface area (Å²) in [6.45, 7) is 0.892. The lowest BCUT2D eigenvalue weighted by Gasteiger charge is -2.09. The minimum Gasteiger partial charge on any atom is -0.352 e. The van der Waals surface area contributed by atoms with Crippen molar-refractivity contribution < 1.29 is 22.8 Å². The van der Waals surface area contributed by atoms with Gasteiger partial charge in [0.2, 0.25) is 5.91 Å². The van der Waals surface area contributed by atoms with Crippen LogP contribution in [0, 0.1) is 0 Å². The van der Waals surface area contributed by atoms with Gasteiger partial charge in [-0.25, -0.2) is 4.79 Å². The van der Waals surface area contributed by atoms with Gasteiger partial charge in [-0.05, 0) is 29.7 Å². The first-order chi connectivity index (χ1) is 13.3. The summed E-state index contributed by atoms with van der Waals surface area (Å²) >= 11 is 0. The van der Waals surface area contributed by atoms with E-state index in [9.17, 15) is 22.8 Å². The van der Waals surface area contributed by atoms with Gasteiger partial charge in [-0.3, -0.25) is 4.79 Å². The molecule has 0 saturated heterocycles. The summed E-state index contributed by atoms with van der Waals surface area (Å²) in [6.07, 6.45) is -3.80. The molecule has 2 rings (SSSR count). The number of amides is 3. The standard InChI is InChI=1S/C20H22F3N3O2/c21-20(22,23)17-8-6-15(7-9-17)10-12-24-19(28)25-13-11-18(27)26-14-16-4-2-1-3-5-16/h1-9H,10-14H2,(H,26,27)(H2,24,25,28). The highest BCUT2D eigenvalue weighted by molar-refractivity contribution is 5.78. The molecule has 0 heterocycles. The fourth-order valence-corrected chi connectivity index (χ4v) is 2.42. The van der Waals surface area contributed by atoms with E-state index in [1.165, 1.54) is 12.1 Å². The Morgan fingerprint density at radius 3 is 2.07 bits per heavy atom. The molecule has 0 fully saturated rings. The molecule has 0 aliphatic rings. The molecule has 5 nitrogen and oxygen atoms in total. The van der Waals surface area contributed by atoms with Crippen molar-refractivity contribution in [2.75, 3.05) is 13.1 Å². The molecule has 0 spiro atoms. The van der Waals surface area contributed by atoms with Gasteiger partial charge in [0.05, 0.1) is 5.56 Å². The van der Waals surface area contributed by atoms with Crippen molar-refractivity contribution >= 4 is 11.9 Å². The molecule has 0 aromatic heterocycles. The minimum absolute atomic E-state index is 0.152. The Morgan fingerprint density at radius 2 is 1.43 bits per heavy atom. The van der Waals surface area contributed by atoms with E-state index in [4.69, 9.17) is 0 Å². The van der Waals surface area contributed by atoms with Gasteiger partial charge in [0.15, 0.2) is 0 Å². The normalized spacial score (nSPS) is 11.0. The van der Waals surface area contributed by atoms with Crippen molar-refractivity contribution in [3.05, 3.63) is 71.3 Å². The second-order valence-corrected chi connectivity index (χ2v) is 6.14. The number of benzene rings is 2. The summed E-state index contributed by atoms with van der Waals surface area (Å²) in [7, 11) is 0. The first-order valence-electron chi connectivity index (χ1n) is 8.83. The number of carbonyl (C=O) groups is 2. The average molecular weight is 393 g/mol. The lowest BCUT2D eigenvalue weighted by atomic mass is 10.1. The molecular formula is C20H22F3N3O2. The number of alkyl halides is 3. The average Bonchev–Trinajstić information content (AvgIpc) is 2.67. The zero-order chi connectivity index (χ0) is 20.4. The fraction of sp³-hybridized carbons (Fsp3) is 0.300. The molecule has 3 amide bonds. The summed E-state index contributed by atoms with van der Waals surface area (Å²) in [5.74, 6) is -0.172. The van der Waals surface area contributed by atoms with Crippen molar-refractivity contribution in [1.29, 1.82) is 0 Å². The van der Waals surface area contributed by atoms with Crippen molar-refractivity contribution in [3.8, 4) is 0 Å². The van der Waals surface area contributed by atoms with Crippen molar-refractivity contribution in [1.82, 2.24) is 16.0 Å². The topological polar surface area (TPSA) is 70.2 Å².